The molecule has 0 aliphatic heterocycles. The summed E-state index contributed by atoms with van der Waals surface area (Å²) >= 11 is 0. The molecule has 0 atom stereocenters. The zero-order valence-electron chi connectivity index (χ0n) is 10.9. The number of anilines is 1. The Kier molecular flexibility index (Phi) is 5.33. The van der Waals surface area contributed by atoms with Gasteiger partial charge in [-0.2, -0.15) is 0 Å². The van der Waals surface area contributed by atoms with Crippen LogP contribution in [-0.2, 0) is 0 Å². The van der Waals surface area contributed by atoms with Crippen LogP contribution in [-0.4, -0.2) is 38.3 Å². The second kappa shape index (κ2) is 6.53. The third kappa shape index (κ3) is 5.31. The van der Waals surface area contributed by atoms with Gasteiger partial charge in [0.25, 0.3) is 5.91 Å². The fourth-order valence-corrected chi connectivity index (χ4v) is 1.98. The molecule has 0 saturated heterocycles. The van der Waals surface area contributed by atoms with Crippen molar-refractivity contribution in [3.8, 4) is 0 Å². The van der Waals surface area contributed by atoms with Crippen LogP contribution in [0.15, 0.2) is 24.3 Å². The van der Waals surface area contributed by atoms with E-state index in [4.69, 9.17) is 5.73 Å². The molecule has 0 aliphatic carbocycles. The monoisotopic (exact) mass is 267 g/mol. The van der Waals surface area contributed by atoms with Crippen LogP contribution in [0.25, 0.3) is 0 Å². The number of carbonyl (C=O) groups is 1. The molecule has 1 aromatic carbocycles. The standard InChI is InChI=1S/C12H21N3O2Si/c1-18(2,17)9-15-12(16)10-4-3-5-11(8-10)14-7-6-13/h3-5,8,14,17H,6-7,9,13H2,1-2H3,(H,15,16). The summed E-state index contributed by atoms with van der Waals surface area (Å²) in [5.74, 6) is -0.166. The zero-order valence-corrected chi connectivity index (χ0v) is 11.9. The van der Waals surface area contributed by atoms with Crippen molar-refractivity contribution in [2.75, 3.05) is 24.6 Å². The molecule has 6 heteroatoms. The van der Waals surface area contributed by atoms with E-state index < -0.39 is 8.32 Å². The Morgan fingerprint density at radius 2 is 2.17 bits per heavy atom. The van der Waals surface area contributed by atoms with Gasteiger partial charge in [-0.05, 0) is 31.3 Å². The number of amides is 1. The van der Waals surface area contributed by atoms with Crippen LogP contribution in [0.2, 0.25) is 13.1 Å². The smallest absolute Gasteiger partial charge is 0.251 e. The van der Waals surface area contributed by atoms with Gasteiger partial charge in [0.1, 0.15) is 0 Å². The zero-order chi connectivity index (χ0) is 13.6. The van der Waals surface area contributed by atoms with Gasteiger partial charge in [-0.25, -0.2) is 0 Å². The van der Waals surface area contributed by atoms with Gasteiger partial charge in [-0.3, -0.25) is 4.79 Å². The van der Waals surface area contributed by atoms with Gasteiger partial charge in [-0.15, -0.1) is 0 Å². The molecule has 100 valence electrons. The van der Waals surface area contributed by atoms with E-state index in [9.17, 15) is 9.59 Å². The van der Waals surface area contributed by atoms with Crippen molar-refractivity contribution in [2.24, 2.45) is 5.73 Å². The number of carbonyl (C=O) groups excluding carboxylic acids is 1. The Hall–Kier alpha value is -1.37. The van der Waals surface area contributed by atoms with E-state index in [-0.39, 0.29) is 5.91 Å². The maximum absolute atomic E-state index is 11.9. The van der Waals surface area contributed by atoms with E-state index >= 15 is 0 Å². The van der Waals surface area contributed by atoms with Crippen molar-refractivity contribution < 1.29 is 9.59 Å². The number of nitrogens with one attached hydrogen (secondary N) is 2. The lowest BCUT2D eigenvalue weighted by molar-refractivity contribution is 0.0958. The third-order valence-electron chi connectivity index (χ3n) is 2.28. The molecular formula is C12H21N3O2Si. The van der Waals surface area contributed by atoms with E-state index in [1.807, 2.05) is 12.1 Å². The fourth-order valence-electron chi connectivity index (χ4n) is 1.39. The highest BCUT2D eigenvalue weighted by Gasteiger charge is 2.18. The fraction of sp³-hybridized carbons (Fsp3) is 0.417. The van der Waals surface area contributed by atoms with Crippen LogP contribution in [0.4, 0.5) is 5.69 Å². The van der Waals surface area contributed by atoms with E-state index in [2.05, 4.69) is 10.6 Å². The quantitative estimate of drug-likeness (QED) is 0.566. The van der Waals surface area contributed by atoms with Crippen LogP contribution in [0.3, 0.4) is 0 Å². The average molecular weight is 267 g/mol. The Bertz CT molecular complexity index is 405. The number of rotatable bonds is 6. The van der Waals surface area contributed by atoms with Crippen LogP contribution >= 0.6 is 0 Å². The minimum absolute atomic E-state index is 0.166. The normalized spacial score (nSPS) is 11.1. The number of benzene rings is 1. The van der Waals surface area contributed by atoms with Crippen LogP contribution in [0, 0.1) is 0 Å². The molecule has 5 N–H and O–H groups in total. The highest BCUT2D eigenvalue weighted by molar-refractivity contribution is 6.70. The lowest BCUT2D eigenvalue weighted by Crippen LogP contribution is -2.42. The third-order valence-corrected chi connectivity index (χ3v) is 3.32. The van der Waals surface area contributed by atoms with Gasteiger partial charge in [0.05, 0.1) is 0 Å². The molecule has 1 amide bonds. The van der Waals surface area contributed by atoms with Crippen LogP contribution < -0.4 is 16.4 Å². The van der Waals surface area contributed by atoms with Gasteiger partial charge < -0.3 is 21.2 Å². The number of hydrogen-bond acceptors (Lipinski definition) is 4. The minimum atomic E-state index is -2.25. The van der Waals surface area contributed by atoms with Crippen molar-refractivity contribution in [1.82, 2.24) is 5.32 Å². The van der Waals surface area contributed by atoms with E-state index in [0.29, 0.717) is 24.8 Å². The van der Waals surface area contributed by atoms with Crippen LogP contribution in [0.1, 0.15) is 10.4 Å². The second-order valence-electron chi connectivity index (χ2n) is 4.79. The van der Waals surface area contributed by atoms with E-state index in [1.54, 1.807) is 25.2 Å². The minimum Gasteiger partial charge on any atom is -0.431 e. The molecular weight excluding hydrogens is 246 g/mol. The van der Waals surface area contributed by atoms with E-state index in [1.165, 1.54) is 0 Å². The lowest BCUT2D eigenvalue weighted by Gasteiger charge is -2.15. The number of hydrogen-bond donors (Lipinski definition) is 4. The molecule has 0 aromatic heterocycles. The lowest BCUT2D eigenvalue weighted by atomic mass is 10.2. The summed E-state index contributed by atoms with van der Waals surface area (Å²) in [7, 11) is -2.25. The topological polar surface area (TPSA) is 87.4 Å². The van der Waals surface area contributed by atoms with Crippen molar-refractivity contribution >= 4 is 19.9 Å². The molecule has 0 heterocycles. The molecule has 5 nitrogen and oxygen atoms in total. The van der Waals surface area contributed by atoms with Gasteiger partial charge >= 0.3 is 0 Å². The first-order valence-electron chi connectivity index (χ1n) is 5.97. The molecule has 0 radical (unpaired) electrons. The Morgan fingerprint density at radius 1 is 1.44 bits per heavy atom. The Balaban J connectivity index is 2.62. The highest BCUT2D eigenvalue weighted by atomic mass is 28.4. The first kappa shape index (κ1) is 14.7. The summed E-state index contributed by atoms with van der Waals surface area (Å²) in [6.45, 7) is 4.78. The van der Waals surface area contributed by atoms with Crippen molar-refractivity contribution in [3.63, 3.8) is 0 Å². The SMILES string of the molecule is C[Si](C)(O)CNC(=O)c1cccc(NCCN)c1. The maximum atomic E-state index is 11.9. The molecule has 0 bridgehead atoms. The number of nitrogens with two attached hydrogens (primary N) is 1. The van der Waals surface area contributed by atoms with Crippen molar-refractivity contribution in [2.45, 2.75) is 13.1 Å². The van der Waals surface area contributed by atoms with Gasteiger partial charge in [0.2, 0.25) is 8.32 Å². The van der Waals surface area contributed by atoms with Crippen LogP contribution in [0.5, 0.6) is 0 Å². The Morgan fingerprint density at radius 3 is 2.78 bits per heavy atom. The first-order valence-corrected chi connectivity index (χ1v) is 9.12. The summed E-state index contributed by atoms with van der Waals surface area (Å²) in [4.78, 5) is 21.5. The van der Waals surface area contributed by atoms with Gasteiger partial charge in [-0.1, -0.05) is 6.07 Å². The largest absolute Gasteiger partial charge is 0.431 e. The summed E-state index contributed by atoms with van der Waals surface area (Å²) in [6.07, 6.45) is 0.353. The van der Waals surface area contributed by atoms with E-state index in [0.717, 1.165) is 5.69 Å². The van der Waals surface area contributed by atoms with Crippen molar-refractivity contribution in [3.05, 3.63) is 29.8 Å². The maximum Gasteiger partial charge on any atom is 0.251 e. The summed E-state index contributed by atoms with van der Waals surface area (Å²) < 4.78 is 0. The molecule has 1 rings (SSSR count). The van der Waals surface area contributed by atoms with Gasteiger partial charge in [0.15, 0.2) is 0 Å². The summed E-state index contributed by atoms with van der Waals surface area (Å²) in [5, 5.41) is 5.86. The molecule has 0 unspecified atom stereocenters. The molecule has 0 saturated carbocycles. The van der Waals surface area contributed by atoms with Crippen molar-refractivity contribution in [1.29, 1.82) is 0 Å². The summed E-state index contributed by atoms with van der Waals surface area (Å²) in [6, 6.07) is 7.22. The molecule has 0 fully saturated rings. The highest BCUT2D eigenvalue weighted by Crippen LogP contribution is 2.10. The molecule has 0 aliphatic rings. The second-order valence-corrected chi connectivity index (χ2v) is 8.77. The predicted molar refractivity (Wildman–Crippen MR) is 76.0 cm³/mol. The average Bonchev–Trinajstić information content (AvgIpc) is 2.33. The first-order chi connectivity index (χ1) is 8.42. The predicted octanol–water partition coefficient (Wildman–Crippen LogP) is 0.524. The molecule has 1 aromatic rings. The Labute approximate surface area is 109 Å². The molecule has 18 heavy (non-hydrogen) atoms. The van der Waals surface area contributed by atoms with Gasteiger partial charge in [0, 0.05) is 30.5 Å². The molecule has 0 spiro atoms. The summed E-state index contributed by atoms with van der Waals surface area (Å²) in [5.41, 5.74) is 6.85.